The standard InChI is InChI=1S/C18H14N6/c19-8-13-1-3-14(4-2-13)11-24-12-21-9-15(24)7-18-22-16-5-6-20-10-17(16)23-18/h1-6,9-10,12H,7,11H2,(H,22,23). The van der Waals surface area contributed by atoms with Gasteiger partial charge >= 0.3 is 0 Å². The third kappa shape index (κ3) is 2.75. The average Bonchev–Trinajstić information content (AvgIpc) is 3.22. The molecule has 3 aromatic heterocycles. The summed E-state index contributed by atoms with van der Waals surface area (Å²) in [6.07, 6.45) is 7.86. The van der Waals surface area contributed by atoms with Crippen LogP contribution >= 0.6 is 0 Å². The topological polar surface area (TPSA) is 83.2 Å². The lowest BCUT2D eigenvalue weighted by atomic mass is 10.1. The van der Waals surface area contributed by atoms with E-state index in [4.69, 9.17) is 5.26 Å². The third-order valence-electron chi connectivity index (χ3n) is 3.92. The van der Waals surface area contributed by atoms with Crippen molar-refractivity contribution < 1.29 is 0 Å². The van der Waals surface area contributed by atoms with Gasteiger partial charge in [0.15, 0.2) is 0 Å². The van der Waals surface area contributed by atoms with E-state index >= 15 is 0 Å². The third-order valence-corrected chi connectivity index (χ3v) is 3.92. The van der Waals surface area contributed by atoms with E-state index in [9.17, 15) is 0 Å². The van der Waals surface area contributed by atoms with Gasteiger partial charge in [0.25, 0.3) is 0 Å². The van der Waals surface area contributed by atoms with Crippen molar-refractivity contribution in [2.45, 2.75) is 13.0 Å². The smallest absolute Gasteiger partial charge is 0.113 e. The van der Waals surface area contributed by atoms with E-state index in [0.29, 0.717) is 18.5 Å². The summed E-state index contributed by atoms with van der Waals surface area (Å²) in [5, 5.41) is 8.87. The fraction of sp³-hybridized carbons (Fsp3) is 0.111. The van der Waals surface area contributed by atoms with Crippen LogP contribution in [0.25, 0.3) is 11.0 Å². The van der Waals surface area contributed by atoms with Crippen molar-refractivity contribution in [1.29, 1.82) is 5.26 Å². The van der Waals surface area contributed by atoms with Crippen molar-refractivity contribution in [3.8, 4) is 6.07 Å². The van der Waals surface area contributed by atoms with E-state index in [1.807, 2.05) is 42.9 Å². The van der Waals surface area contributed by atoms with Crippen LogP contribution in [-0.4, -0.2) is 24.5 Å². The van der Waals surface area contributed by atoms with Crippen molar-refractivity contribution in [3.63, 3.8) is 0 Å². The Kier molecular flexibility index (Phi) is 3.52. The first-order valence-electron chi connectivity index (χ1n) is 7.58. The number of hydrogen-bond acceptors (Lipinski definition) is 4. The van der Waals surface area contributed by atoms with E-state index in [1.165, 1.54) is 0 Å². The fourth-order valence-electron chi connectivity index (χ4n) is 2.68. The predicted molar refractivity (Wildman–Crippen MR) is 89.2 cm³/mol. The lowest BCUT2D eigenvalue weighted by Crippen LogP contribution is -2.04. The Morgan fingerprint density at radius 1 is 1.08 bits per heavy atom. The molecule has 24 heavy (non-hydrogen) atoms. The molecule has 6 nitrogen and oxygen atoms in total. The first-order valence-corrected chi connectivity index (χ1v) is 7.58. The van der Waals surface area contributed by atoms with Gasteiger partial charge in [0.05, 0.1) is 35.2 Å². The van der Waals surface area contributed by atoms with Gasteiger partial charge in [-0.25, -0.2) is 9.97 Å². The summed E-state index contributed by atoms with van der Waals surface area (Å²) in [7, 11) is 0. The van der Waals surface area contributed by atoms with Crippen LogP contribution in [-0.2, 0) is 13.0 Å². The maximum Gasteiger partial charge on any atom is 0.113 e. The van der Waals surface area contributed by atoms with E-state index in [-0.39, 0.29) is 0 Å². The van der Waals surface area contributed by atoms with Crippen LogP contribution in [0.2, 0.25) is 0 Å². The highest BCUT2D eigenvalue weighted by molar-refractivity contribution is 5.73. The molecule has 0 unspecified atom stereocenters. The molecular weight excluding hydrogens is 300 g/mol. The van der Waals surface area contributed by atoms with E-state index in [0.717, 1.165) is 28.1 Å². The van der Waals surface area contributed by atoms with Gasteiger partial charge in [-0.2, -0.15) is 5.26 Å². The first kappa shape index (κ1) is 14.2. The van der Waals surface area contributed by atoms with Crippen LogP contribution in [0.5, 0.6) is 0 Å². The van der Waals surface area contributed by atoms with Gasteiger partial charge in [0.2, 0.25) is 0 Å². The highest BCUT2D eigenvalue weighted by atomic mass is 15.0. The van der Waals surface area contributed by atoms with Crippen LogP contribution in [0.1, 0.15) is 22.6 Å². The second-order valence-corrected chi connectivity index (χ2v) is 5.57. The van der Waals surface area contributed by atoms with Gasteiger partial charge in [-0.1, -0.05) is 12.1 Å². The van der Waals surface area contributed by atoms with Crippen molar-refractivity contribution in [2.75, 3.05) is 0 Å². The summed E-state index contributed by atoms with van der Waals surface area (Å²) in [6, 6.07) is 11.6. The van der Waals surface area contributed by atoms with E-state index in [1.54, 1.807) is 12.4 Å². The highest BCUT2D eigenvalue weighted by Crippen LogP contribution is 2.14. The van der Waals surface area contributed by atoms with Gasteiger partial charge in [-0.05, 0) is 23.8 Å². The number of pyridine rings is 1. The number of benzene rings is 1. The molecule has 0 atom stereocenters. The summed E-state index contributed by atoms with van der Waals surface area (Å²) in [5.41, 5.74) is 4.72. The zero-order chi connectivity index (χ0) is 16.4. The minimum absolute atomic E-state index is 0.667. The zero-order valence-corrected chi connectivity index (χ0v) is 12.8. The van der Waals surface area contributed by atoms with Gasteiger partial charge in [0, 0.05) is 31.1 Å². The Balaban J connectivity index is 1.56. The lowest BCUT2D eigenvalue weighted by molar-refractivity contribution is 0.746. The molecule has 116 valence electrons. The van der Waals surface area contributed by atoms with Gasteiger partial charge < -0.3 is 9.55 Å². The van der Waals surface area contributed by atoms with Crippen molar-refractivity contribution in [2.24, 2.45) is 0 Å². The molecule has 1 N–H and O–H groups in total. The largest absolute Gasteiger partial charge is 0.340 e. The molecular formula is C18H14N6. The number of aromatic nitrogens is 5. The zero-order valence-electron chi connectivity index (χ0n) is 12.8. The Morgan fingerprint density at radius 2 is 1.96 bits per heavy atom. The highest BCUT2D eigenvalue weighted by Gasteiger charge is 2.08. The molecule has 0 saturated carbocycles. The maximum absolute atomic E-state index is 8.87. The molecule has 0 radical (unpaired) electrons. The van der Waals surface area contributed by atoms with Gasteiger partial charge in [-0.3, -0.25) is 4.98 Å². The Hall–Kier alpha value is -3.46. The average molecular weight is 314 g/mol. The fourth-order valence-corrected chi connectivity index (χ4v) is 2.68. The quantitative estimate of drug-likeness (QED) is 0.627. The Bertz CT molecular complexity index is 987. The van der Waals surface area contributed by atoms with Crippen molar-refractivity contribution in [3.05, 3.63) is 77.9 Å². The number of fused-ring (bicyclic) bond motifs is 1. The van der Waals surface area contributed by atoms with Crippen LogP contribution in [0.4, 0.5) is 0 Å². The summed E-state index contributed by atoms with van der Waals surface area (Å²) in [5.74, 6) is 0.888. The van der Waals surface area contributed by atoms with Crippen LogP contribution < -0.4 is 0 Å². The molecule has 0 saturated heterocycles. The number of nitrogens with one attached hydrogen (secondary N) is 1. The van der Waals surface area contributed by atoms with Crippen LogP contribution in [0.3, 0.4) is 0 Å². The molecule has 4 aromatic rings. The molecule has 4 rings (SSSR count). The predicted octanol–water partition coefficient (Wildman–Crippen LogP) is 2.67. The molecule has 6 heteroatoms. The monoisotopic (exact) mass is 314 g/mol. The van der Waals surface area contributed by atoms with E-state index < -0.39 is 0 Å². The Labute approximate surface area is 138 Å². The van der Waals surface area contributed by atoms with Gasteiger partial charge in [0.1, 0.15) is 5.82 Å². The molecule has 0 aliphatic heterocycles. The number of rotatable bonds is 4. The molecule has 1 aromatic carbocycles. The lowest BCUT2D eigenvalue weighted by Gasteiger charge is -2.07. The van der Waals surface area contributed by atoms with E-state index in [2.05, 4.69) is 30.6 Å². The van der Waals surface area contributed by atoms with Gasteiger partial charge in [-0.15, -0.1) is 0 Å². The summed E-state index contributed by atoms with van der Waals surface area (Å²) in [6.45, 7) is 0.711. The molecule has 0 aliphatic rings. The molecule has 0 aliphatic carbocycles. The first-order chi connectivity index (χ1) is 11.8. The normalized spacial score (nSPS) is 10.8. The molecule has 0 amide bonds. The maximum atomic E-state index is 8.87. The minimum Gasteiger partial charge on any atom is -0.340 e. The summed E-state index contributed by atoms with van der Waals surface area (Å²) in [4.78, 5) is 16.2. The molecule has 0 spiro atoms. The number of hydrogen-bond donors (Lipinski definition) is 1. The van der Waals surface area contributed by atoms with Crippen molar-refractivity contribution >= 4 is 11.0 Å². The number of H-pyrrole nitrogens is 1. The molecule has 0 fully saturated rings. The SMILES string of the molecule is N#Cc1ccc(Cn2cncc2Cc2nc3ccncc3[nH]2)cc1. The second kappa shape index (κ2) is 5.97. The summed E-state index contributed by atoms with van der Waals surface area (Å²) >= 11 is 0. The molecule has 3 heterocycles. The summed E-state index contributed by atoms with van der Waals surface area (Å²) < 4.78 is 2.09. The number of imidazole rings is 2. The van der Waals surface area contributed by atoms with Crippen molar-refractivity contribution in [1.82, 2.24) is 24.5 Å². The Morgan fingerprint density at radius 3 is 2.75 bits per heavy atom. The minimum atomic E-state index is 0.667. The van der Waals surface area contributed by atoms with Crippen LogP contribution in [0, 0.1) is 11.3 Å². The molecule has 0 bridgehead atoms. The number of nitrogens with zero attached hydrogens (tertiary/aromatic N) is 5. The number of nitriles is 1. The number of aromatic amines is 1. The second-order valence-electron chi connectivity index (χ2n) is 5.57. The van der Waals surface area contributed by atoms with Crippen LogP contribution in [0.15, 0.2) is 55.2 Å².